The molecule has 1 aromatic heterocycles. The summed E-state index contributed by atoms with van der Waals surface area (Å²) < 4.78 is 6.09. The number of hydrogen-bond donors (Lipinski definition) is 2. The first-order chi connectivity index (χ1) is 13.9. The van der Waals surface area contributed by atoms with Gasteiger partial charge in [-0.05, 0) is 12.5 Å². The Morgan fingerprint density at radius 1 is 1.10 bits per heavy atom. The van der Waals surface area contributed by atoms with Gasteiger partial charge in [0.05, 0.1) is 6.20 Å². The van der Waals surface area contributed by atoms with Crippen molar-refractivity contribution in [3.8, 4) is 11.4 Å². The van der Waals surface area contributed by atoms with Crippen LogP contribution in [0.3, 0.4) is 0 Å². The lowest BCUT2D eigenvalue weighted by molar-refractivity contribution is -0.137. The summed E-state index contributed by atoms with van der Waals surface area (Å²) in [6, 6.07) is 16.2. The largest absolute Gasteiger partial charge is 0.480 e. The SMILES string of the molecule is Cc1ccc(-c2ncc(NC(=O)OCc3ccccc3)c(=O)n2CC(=O)O)cc1. The maximum atomic E-state index is 12.8. The summed E-state index contributed by atoms with van der Waals surface area (Å²) >= 11 is 0. The Bertz CT molecular complexity index is 1080. The number of aromatic nitrogens is 2. The molecular formula is C21H19N3O5. The number of aryl methyl sites for hydroxylation is 1. The topological polar surface area (TPSA) is 111 Å². The highest BCUT2D eigenvalue weighted by Crippen LogP contribution is 2.17. The molecular weight excluding hydrogens is 374 g/mol. The van der Waals surface area contributed by atoms with Gasteiger partial charge in [-0.15, -0.1) is 0 Å². The number of carboxylic acids is 1. The molecule has 8 heteroatoms. The minimum atomic E-state index is -1.20. The van der Waals surface area contributed by atoms with Crippen LogP contribution in [-0.2, 0) is 22.7 Å². The van der Waals surface area contributed by atoms with Crippen molar-refractivity contribution in [2.75, 3.05) is 5.32 Å². The Balaban J connectivity index is 1.84. The van der Waals surface area contributed by atoms with Crippen LogP contribution in [0.2, 0.25) is 0 Å². The first-order valence-corrected chi connectivity index (χ1v) is 8.80. The molecule has 2 aromatic carbocycles. The second kappa shape index (κ2) is 8.83. The molecule has 0 aliphatic heterocycles. The van der Waals surface area contributed by atoms with E-state index < -0.39 is 24.2 Å². The number of carbonyl (C=O) groups is 2. The van der Waals surface area contributed by atoms with Gasteiger partial charge in [0.15, 0.2) is 0 Å². The van der Waals surface area contributed by atoms with Crippen molar-refractivity contribution in [3.05, 3.63) is 82.3 Å². The van der Waals surface area contributed by atoms with Crippen LogP contribution < -0.4 is 10.9 Å². The van der Waals surface area contributed by atoms with Crippen LogP contribution in [0, 0.1) is 6.92 Å². The van der Waals surface area contributed by atoms with Crippen LogP contribution in [0.5, 0.6) is 0 Å². The lowest BCUT2D eigenvalue weighted by Gasteiger charge is -2.13. The lowest BCUT2D eigenvalue weighted by atomic mass is 10.1. The van der Waals surface area contributed by atoms with Gasteiger partial charge >= 0.3 is 12.1 Å². The highest BCUT2D eigenvalue weighted by Gasteiger charge is 2.16. The van der Waals surface area contributed by atoms with Gasteiger partial charge < -0.3 is 9.84 Å². The van der Waals surface area contributed by atoms with Gasteiger partial charge in [0.1, 0.15) is 24.7 Å². The predicted octanol–water partition coefficient (Wildman–Crippen LogP) is 3.05. The minimum absolute atomic E-state index is 0.0326. The van der Waals surface area contributed by atoms with E-state index in [1.807, 2.05) is 37.3 Å². The second-order valence-corrected chi connectivity index (χ2v) is 6.33. The van der Waals surface area contributed by atoms with Gasteiger partial charge in [0, 0.05) is 5.56 Å². The summed E-state index contributed by atoms with van der Waals surface area (Å²) in [4.78, 5) is 40.2. The molecule has 29 heavy (non-hydrogen) atoms. The van der Waals surface area contributed by atoms with Crippen molar-refractivity contribution < 1.29 is 19.4 Å². The third kappa shape index (κ3) is 5.07. The molecule has 1 heterocycles. The van der Waals surface area contributed by atoms with E-state index in [1.165, 1.54) is 6.20 Å². The number of rotatable bonds is 6. The molecule has 0 saturated heterocycles. The number of anilines is 1. The molecule has 1 amide bonds. The molecule has 0 spiro atoms. The van der Waals surface area contributed by atoms with Crippen LogP contribution in [0.15, 0.2) is 65.6 Å². The summed E-state index contributed by atoms with van der Waals surface area (Å²) in [5.74, 6) is -1.01. The van der Waals surface area contributed by atoms with E-state index in [1.54, 1.807) is 24.3 Å². The number of benzene rings is 2. The first-order valence-electron chi connectivity index (χ1n) is 8.80. The molecule has 0 unspecified atom stereocenters. The van der Waals surface area contributed by atoms with Crippen molar-refractivity contribution >= 4 is 17.7 Å². The number of hydrogen-bond acceptors (Lipinski definition) is 5. The Hall–Kier alpha value is -3.94. The first kappa shape index (κ1) is 19.8. The van der Waals surface area contributed by atoms with Crippen molar-refractivity contribution in [3.63, 3.8) is 0 Å². The zero-order chi connectivity index (χ0) is 20.8. The Kier molecular flexibility index (Phi) is 6.03. The third-order valence-corrected chi connectivity index (χ3v) is 4.10. The normalized spacial score (nSPS) is 10.4. The van der Waals surface area contributed by atoms with E-state index in [0.29, 0.717) is 5.56 Å². The Morgan fingerprint density at radius 2 is 1.79 bits per heavy atom. The fourth-order valence-corrected chi connectivity index (χ4v) is 2.66. The summed E-state index contributed by atoms with van der Waals surface area (Å²) in [6.45, 7) is 1.35. The Morgan fingerprint density at radius 3 is 2.45 bits per heavy atom. The molecule has 3 rings (SSSR count). The van der Waals surface area contributed by atoms with Crippen LogP contribution in [0.25, 0.3) is 11.4 Å². The summed E-state index contributed by atoms with van der Waals surface area (Å²) in [5.41, 5.74) is 1.54. The predicted molar refractivity (Wildman–Crippen MR) is 107 cm³/mol. The summed E-state index contributed by atoms with van der Waals surface area (Å²) in [5, 5.41) is 11.5. The number of nitrogens with zero attached hydrogens (tertiary/aromatic N) is 2. The van der Waals surface area contributed by atoms with Gasteiger partial charge in [-0.2, -0.15) is 0 Å². The molecule has 8 nitrogen and oxygen atoms in total. The second-order valence-electron chi connectivity index (χ2n) is 6.33. The highest BCUT2D eigenvalue weighted by atomic mass is 16.5. The number of ether oxygens (including phenoxy) is 1. The number of aliphatic carboxylic acids is 1. The molecule has 0 radical (unpaired) electrons. The van der Waals surface area contributed by atoms with Gasteiger partial charge in [-0.1, -0.05) is 60.2 Å². The molecule has 0 aliphatic rings. The zero-order valence-corrected chi connectivity index (χ0v) is 15.7. The fourth-order valence-electron chi connectivity index (χ4n) is 2.66. The molecule has 0 aliphatic carbocycles. The van der Waals surface area contributed by atoms with Crippen LogP contribution in [0.4, 0.5) is 10.5 Å². The smallest absolute Gasteiger partial charge is 0.412 e. The van der Waals surface area contributed by atoms with E-state index in [-0.39, 0.29) is 18.1 Å². The molecule has 148 valence electrons. The zero-order valence-electron chi connectivity index (χ0n) is 15.7. The number of carboxylic acid groups (broad SMARTS) is 1. The molecule has 2 N–H and O–H groups in total. The van der Waals surface area contributed by atoms with Crippen molar-refractivity contribution in [1.82, 2.24) is 9.55 Å². The van der Waals surface area contributed by atoms with Gasteiger partial charge in [0.25, 0.3) is 5.56 Å². The van der Waals surface area contributed by atoms with Gasteiger partial charge in [-0.3, -0.25) is 19.5 Å². The Labute approximate surface area is 166 Å². The van der Waals surface area contributed by atoms with E-state index in [4.69, 9.17) is 4.74 Å². The van der Waals surface area contributed by atoms with Crippen molar-refractivity contribution in [1.29, 1.82) is 0 Å². The van der Waals surface area contributed by atoms with Crippen molar-refractivity contribution in [2.24, 2.45) is 0 Å². The lowest BCUT2D eigenvalue weighted by Crippen LogP contribution is -2.30. The highest BCUT2D eigenvalue weighted by molar-refractivity contribution is 5.84. The molecule has 3 aromatic rings. The maximum absolute atomic E-state index is 12.8. The minimum Gasteiger partial charge on any atom is -0.480 e. The molecule has 0 fully saturated rings. The maximum Gasteiger partial charge on any atom is 0.412 e. The van der Waals surface area contributed by atoms with Crippen LogP contribution >= 0.6 is 0 Å². The fraction of sp³-hybridized carbons (Fsp3) is 0.143. The van der Waals surface area contributed by atoms with E-state index >= 15 is 0 Å². The van der Waals surface area contributed by atoms with Crippen LogP contribution in [0.1, 0.15) is 11.1 Å². The third-order valence-electron chi connectivity index (χ3n) is 4.10. The standard InChI is InChI=1S/C21H19N3O5/c1-14-7-9-16(10-8-14)19-22-11-17(20(27)24(19)12-18(25)26)23-21(28)29-13-15-5-3-2-4-6-15/h2-11H,12-13H2,1H3,(H,23,28)(H,25,26). The number of nitrogens with one attached hydrogen (secondary N) is 1. The molecule has 0 bridgehead atoms. The summed E-state index contributed by atoms with van der Waals surface area (Å²) in [7, 11) is 0. The monoisotopic (exact) mass is 393 g/mol. The van der Waals surface area contributed by atoms with Crippen LogP contribution in [-0.4, -0.2) is 26.7 Å². The number of carbonyl (C=O) groups excluding carboxylic acids is 1. The van der Waals surface area contributed by atoms with E-state index in [0.717, 1.165) is 15.7 Å². The average Bonchev–Trinajstić information content (AvgIpc) is 2.71. The molecule has 0 atom stereocenters. The number of amides is 1. The summed E-state index contributed by atoms with van der Waals surface area (Å²) in [6.07, 6.45) is 0.359. The quantitative estimate of drug-likeness (QED) is 0.666. The van der Waals surface area contributed by atoms with Crippen molar-refractivity contribution in [2.45, 2.75) is 20.1 Å². The average molecular weight is 393 g/mol. The van der Waals surface area contributed by atoms with Gasteiger partial charge in [0.2, 0.25) is 0 Å². The molecule has 0 saturated carbocycles. The van der Waals surface area contributed by atoms with E-state index in [9.17, 15) is 19.5 Å². The van der Waals surface area contributed by atoms with Gasteiger partial charge in [-0.25, -0.2) is 9.78 Å². The van der Waals surface area contributed by atoms with E-state index in [2.05, 4.69) is 10.3 Å².